The van der Waals surface area contributed by atoms with E-state index in [4.69, 9.17) is 19.6 Å². The van der Waals surface area contributed by atoms with E-state index in [1.165, 1.54) is 12.1 Å². The molecule has 0 unspecified atom stereocenters. The van der Waals surface area contributed by atoms with Gasteiger partial charge in [-0.2, -0.15) is 0 Å². The van der Waals surface area contributed by atoms with Crippen molar-refractivity contribution in [3.63, 3.8) is 0 Å². The van der Waals surface area contributed by atoms with Gasteiger partial charge in [0.05, 0.1) is 13.2 Å². The predicted molar refractivity (Wildman–Crippen MR) is 79.9 cm³/mol. The molecule has 1 heterocycles. The third kappa shape index (κ3) is 3.68. The van der Waals surface area contributed by atoms with Gasteiger partial charge in [0, 0.05) is 17.8 Å². The number of hydrogen-bond acceptors (Lipinski definition) is 5. The Morgan fingerprint density at radius 1 is 1.14 bits per heavy atom. The van der Waals surface area contributed by atoms with E-state index in [2.05, 4.69) is 5.32 Å². The maximum atomic E-state index is 12.0. The quantitative estimate of drug-likeness (QED) is 0.854. The summed E-state index contributed by atoms with van der Waals surface area (Å²) < 4.78 is 16.0. The van der Waals surface area contributed by atoms with Crippen molar-refractivity contribution in [2.24, 2.45) is 0 Å². The Bertz CT molecular complexity index is 622. The van der Waals surface area contributed by atoms with E-state index >= 15 is 0 Å². The van der Waals surface area contributed by atoms with Crippen LogP contribution in [0.3, 0.4) is 0 Å². The number of anilines is 2. The van der Waals surface area contributed by atoms with Crippen molar-refractivity contribution in [3.05, 3.63) is 36.1 Å². The lowest BCUT2D eigenvalue weighted by atomic mass is 10.2. The van der Waals surface area contributed by atoms with Crippen LogP contribution < -0.4 is 20.5 Å². The minimum absolute atomic E-state index is 0.152. The van der Waals surface area contributed by atoms with Crippen molar-refractivity contribution >= 4 is 17.5 Å². The van der Waals surface area contributed by atoms with Crippen LogP contribution in [0.15, 0.2) is 34.7 Å². The fraction of sp³-hybridized carbons (Fsp3) is 0.267. The lowest BCUT2D eigenvalue weighted by molar-refractivity contribution is 0.0997. The monoisotopic (exact) mass is 290 g/mol. The van der Waals surface area contributed by atoms with E-state index in [0.717, 1.165) is 0 Å². The highest BCUT2D eigenvalue weighted by Crippen LogP contribution is 2.30. The van der Waals surface area contributed by atoms with Crippen molar-refractivity contribution in [2.45, 2.75) is 13.8 Å². The first-order chi connectivity index (χ1) is 10.1. The number of ether oxygens (including phenoxy) is 2. The second-order valence-electron chi connectivity index (χ2n) is 4.18. The van der Waals surface area contributed by atoms with E-state index < -0.39 is 0 Å². The van der Waals surface area contributed by atoms with E-state index in [-0.39, 0.29) is 17.6 Å². The van der Waals surface area contributed by atoms with Crippen LogP contribution in [0.1, 0.15) is 24.4 Å². The van der Waals surface area contributed by atoms with Gasteiger partial charge in [-0.15, -0.1) is 0 Å². The third-order valence-electron chi connectivity index (χ3n) is 2.65. The van der Waals surface area contributed by atoms with Gasteiger partial charge in [-0.25, -0.2) is 0 Å². The summed E-state index contributed by atoms with van der Waals surface area (Å²) >= 11 is 0. The molecule has 2 rings (SSSR count). The van der Waals surface area contributed by atoms with Crippen molar-refractivity contribution in [3.8, 4) is 11.5 Å². The lowest BCUT2D eigenvalue weighted by Crippen LogP contribution is -2.11. The number of amides is 1. The second kappa shape index (κ2) is 6.69. The summed E-state index contributed by atoms with van der Waals surface area (Å²) in [5.41, 5.74) is 6.03. The van der Waals surface area contributed by atoms with Crippen LogP contribution in [0, 0.1) is 0 Å². The molecule has 6 nitrogen and oxygen atoms in total. The van der Waals surface area contributed by atoms with Gasteiger partial charge >= 0.3 is 0 Å². The Morgan fingerprint density at radius 2 is 1.86 bits per heavy atom. The van der Waals surface area contributed by atoms with E-state index in [0.29, 0.717) is 30.4 Å². The molecule has 21 heavy (non-hydrogen) atoms. The van der Waals surface area contributed by atoms with Crippen LogP contribution in [0.5, 0.6) is 11.5 Å². The predicted octanol–water partition coefficient (Wildman–Crippen LogP) is 2.91. The maximum Gasteiger partial charge on any atom is 0.291 e. The first-order valence-corrected chi connectivity index (χ1v) is 6.70. The number of rotatable bonds is 6. The SMILES string of the molecule is CCOc1ccc(NC(=O)c2ccc(N)o2)cc1OCC. The molecule has 0 aliphatic rings. The molecular formula is C15H18N2O4. The van der Waals surface area contributed by atoms with Gasteiger partial charge in [0.2, 0.25) is 0 Å². The van der Waals surface area contributed by atoms with Gasteiger partial charge in [-0.05, 0) is 32.0 Å². The van der Waals surface area contributed by atoms with Gasteiger partial charge in [0.15, 0.2) is 23.1 Å². The number of hydrogen-bond donors (Lipinski definition) is 2. The number of nitrogen functional groups attached to an aromatic ring is 1. The molecule has 6 heteroatoms. The number of benzene rings is 1. The zero-order valence-electron chi connectivity index (χ0n) is 12.0. The number of nitrogens with two attached hydrogens (primary N) is 1. The van der Waals surface area contributed by atoms with Gasteiger partial charge in [-0.1, -0.05) is 0 Å². The van der Waals surface area contributed by atoms with E-state index in [9.17, 15) is 4.79 Å². The Kier molecular flexibility index (Phi) is 4.71. The van der Waals surface area contributed by atoms with Gasteiger partial charge in [-0.3, -0.25) is 4.79 Å². The average molecular weight is 290 g/mol. The minimum Gasteiger partial charge on any atom is -0.490 e. The first-order valence-electron chi connectivity index (χ1n) is 6.70. The van der Waals surface area contributed by atoms with Gasteiger partial charge < -0.3 is 24.9 Å². The van der Waals surface area contributed by atoms with Crippen molar-refractivity contribution in [1.82, 2.24) is 0 Å². The topological polar surface area (TPSA) is 86.7 Å². The van der Waals surface area contributed by atoms with Crippen LogP contribution in [0.25, 0.3) is 0 Å². The zero-order valence-corrected chi connectivity index (χ0v) is 12.0. The summed E-state index contributed by atoms with van der Waals surface area (Å²) in [5.74, 6) is 1.19. The fourth-order valence-electron chi connectivity index (χ4n) is 1.80. The summed E-state index contributed by atoms with van der Waals surface area (Å²) in [6, 6.07) is 8.23. The molecule has 0 aliphatic heterocycles. The van der Waals surface area contributed by atoms with Gasteiger partial charge in [0.1, 0.15) is 0 Å². The third-order valence-corrected chi connectivity index (χ3v) is 2.65. The van der Waals surface area contributed by atoms with Crippen LogP contribution >= 0.6 is 0 Å². The summed E-state index contributed by atoms with van der Waals surface area (Å²) in [6.07, 6.45) is 0. The van der Waals surface area contributed by atoms with Gasteiger partial charge in [0.25, 0.3) is 5.91 Å². The molecule has 0 fully saturated rings. The molecule has 0 aliphatic carbocycles. The number of furan rings is 1. The molecular weight excluding hydrogens is 272 g/mol. The molecule has 3 N–H and O–H groups in total. The van der Waals surface area contributed by atoms with Crippen molar-refractivity contribution in [1.29, 1.82) is 0 Å². The Morgan fingerprint density at radius 3 is 2.48 bits per heavy atom. The van der Waals surface area contributed by atoms with Crippen LogP contribution in [0.4, 0.5) is 11.6 Å². The summed E-state index contributed by atoms with van der Waals surface area (Å²) in [5, 5.41) is 2.72. The largest absolute Gasteiger partial charge is 0.490 e. The molecule has 0 saturated heterocycles. The van der Waals surface area contributed by atoms with Crippen molar-refractivity contribution in [2.75, 3.05) is 24.3 Å². The zero-order chi connectivity index (χ0) is 15.2. The molecule has 112 valence electrons. The maximum absolute atomic E-state index is 12.0. The molecule has 0 spiro atoms. The molecule has 0 bridgehead atoms. The summed E-state index contributed by atoms with van der Waals surface area (Å²) in [7, 11) is 0. The molecule has 1 aromatic carbocycles. The molecule has 1 amide bonds. The minimum atomic E-state index is -0.377. The molecule has 1 aromatic heterocycles. The molecule has 2 aromatic rings. The summed E-state index contributed by atoms with van der Waals surface area (Å²) in [4.78, 5) is 12.0. The number of carbonyl (C=O) groups is 1. The Hall–Kier alpha value is -2.63. The summed E-state index contributed by atoms with van der Waals surface area (Å²) in [6.45, 7) is 4.82. The van der Waals surface area contributed by atoms with E-state index in [1.54, 1.807) is 18.2 Å². The van der Waals surface area contributed by atoms with E-state index in [1.807, 2.05) is 13.8 Å². The lowest BCUT2D eigenvalue weighted by Gasteiger charge is -2.12. The molecule has 0 atom stereocenters. The Labute approximate surface area is 122 Å². The fourth-order valence-corrected chi connectivity index (χ4v) is 1.80. The normalized spacial score (nSPS) is 10.2. The number of nitrogens with one attached hydrogen (secondary N) is 1. The second-order valence-corrected chi connectivity index (χ2v) is 4.18. The van der Waals surface area contributed by atoms with Crippen LogP contribution in [-0.2, 0) is 0 Å². The molecule has 0 radical (unpaired) electrons. The average Bonchev–Trinajstić information content (AvgIpc) is 2.89. The standard InChI is InChI=1S/C15H18N2O4/c1-3-19-11-6-5-10(9-13(11)20-4-2)17-15(18)12-7-8-14(16)21-12/h5-9H,3-4,16H2,1-2H3,(H,17,18). The van der Waals surface area contributed by atoms with Crippen molar-refractivity contribution < 1.29 is 18.7 Å². The first kappa shape index (κ1) is 14.8. The van der Waals surface area contributed by atoms with Crippen LogP contribution in [0.2, 0.25) is 0 Å². The smallest absolute Gasteiger partial charge is 0.291 e. The highest BCUT2D eigenvalue weighted by Gasteiger charge is 2.12. The number of carbonyl (C=O) groups excluding carboxylic acids is 1. The highest BCUT2D eigenvalue weighted by atomic mass is 16.5. The molecule has 0 saturated carbocycles. The Balaban J connectivity index is 2.16. The van der Waals surface area contributed by atoms with Crippen LogP contribution in [-0.4, -0.2) is 19.1 Å². The highest BCUT2D eigenvalue weighted by molar-refractivity contribution is 6.02.